The summed E-state index contributed by atoms with van der Waals surface area (Å²) in [5, 5.41) is 2.37. The summed E-state index contributed by atoms with van der Waals surface area (Å²) >= 11 is 0. The zero-order chi connectivity index (χ0) is 15.1. The average molecular weight is 288 g/mol. The first kappa shape index (κ1) is 13.0. The molecule has 22 heavy (non-hydrogen) atoms. The first-order valence-corrected chi connectivity index (χ1v) is 7.30. The van der Waals surface area contributed by atoms with Crippen molar-refractivity contribution >= 4 is 16.8 Å². The van der Waals surface area contributed by atoms with Crippen LogP contribution < -0.4 is 9.47 Å². The van der Waals surface area contributed by atoms with E-state index in [-0.39, 0.29) is 0 Å². The number of fused-ring (bicyclic) bond motifs is 4. The SMILES string of the molecule is C=Cc1c2c(cc3ccccc13)-c1ccc(OC)cc1CO2. The van der Waals surface area contributed by atoms with Gasteiger partial charge in [0.25, 0.3) is 0 Å². The molecular weight excluding hydrogens is 272 g/mol. The van der Waals surface area contributed by atoms with Crippen LogP contribution >= 0.6 is 0 Å². The van der Waals surface area contributed by atoms with Crippen LogP contribution in [0, 0.1) is 0 Å². The normalized spacial score (nSPS) is 12.2. The fraction of sp³-hybridized carbons (Fsp3) is 0.100. The molecule has 3 aromatic carbocycles. The van der Waals surface area contributed by atoms with Gasteiger partial charge in [0, 0.05) is 16.7 Å². The highest BCUT2D eigenvalue weighted by Gasteiger charge is 2.21. The van der Waals surface area contributed by atoms with E-state index in [0.29, 0.717) is 6.61 Å². The van der Waals surface area contributed by atoms with Crippen molar-refractivity contribution in [3.05, 3.63) is 66.2 Å². The number of methoxy groups -OCH3 is 1. The van der Waals surface area contributed by atoms with Gasteiger partial charge >= 0.3 is 0 Å². The first-order valence-electron chi connectivity index (χ1n) is 7.30. The first-order chi connectivity index (χ1) is 10.8. The van der Waals surface area contributed by atoms with Gasteiger partial charge in [-0.3, -0.25) is 0 Å². The second kappa shape index (κ2) is 4.92. The Morgan fingerprint density at radius 1 is 1.09 bits per heavy atom. The minimum atomic E-state index is 0.554. The quantitative estimate of drug-likeness (QED) is 0.657. The summed E-state index contributed by atoms with van der Waals surface area (Å²) < 4.78 is 11.4. The van der Waals surface area contributed by atoms with Crippen molar-refractivity contribution in [2.45, 2.75) is 6.61 Å². The Kier molecular flexibility index (Phi) is 2.90. The second-order valence-corrected chi connectivity index (χ2v) is 5.40. The van der Waals surface area contributed by atoms with Gasteiger partial charge in [-0.15, -0.1) is 0 Å². The maximum atomic E-state index is 6.05. The van der Waals surface area contributed by atoms with E-state index < -0.39 is 0 Å². The largest absolute Gasteiger partial charge is 0.497 e. The Bertz CT molecular complexity index is 894. The average Bonchev–Trinajstić information content (AvgIpc) is 2.59. The van der Waals surface area contributed by atoms with Crippen molar-refractivity contribution < 1.29 is 9.47 Å². The van der Waals surface area contributed by atoms with Crippen LogP contribution in [0.5, 0.6) is 11.5 Å². The van der Waals surface area contributed by atoms with E-state index in [4.69, 9.17) is 9.47 Å². The predicted molar refractivity (Wildman–Crippen MR) is 90.4 cm³/mol. The molecule has 108 valence electrons. The third-order valence-electron chi connectivity index (χ3n) is 4.22. The predicted octanol–water partition coefficient (Wildman–Crippen LogP) is 5.05. The molecule has 1 aliphatic rings. The fourth-order valence-electron chi connectivity index (χ4n) is 3.14. The van der Waals surface area contributed by atoms with Crippen molar-refractivity contribution in [3.8, 4) is 22.6 Å². The maximum absolute atomic E-state index is 6.05. The number of benzene rings is 3. The van der Waals surface area contributed by atoms with Crippen LogP contribution in [0.25, 0.3) is 28.0 Å². The van der Waals surface area contributed by atoms with Gasteiger partial charge < -0.3 is 9.47 Å². The summed E-state index contributed by atoms with van der Waals surface area (Å²) in [6.07, 6.45) is 1.88. The van der Waals surface area contributed by atoms with Crippen LogP contribution in [0.1, 0.15) is 11.1 Å². The number of rotatable bonds is 2. The molecule has 2 heteroatoms. The minimum absolute atomic E-state index is 0.554. The third kappa shape index (κ3) is 1.81. The molecule has 4 rings (SSSR count). The molecule has 0 atom stereocenters. The Morgan fingerprint density at radius 2 is 1.95 bits per heavy atom. The van der Waals surface area contributed by atoms with E-state index >= 15 is 0 Å². The Morgan fingerprint density at radius 3 is 2.77 bits per heavy atom. The van der Waals surface area contributed by atoms with E-state index in [1.54, 1.807) is 7.11 Å². The van der Waals surface area contributed by atoms with Crippen LogP contribution in [-0.4, -0.2) is 7.11 Å². The molecule has 1 aliphatic heterocycles. The molecule has 0 amide bonds. The maximum Gasteiger partial charge on any atom is 0.135 e. The molecule has 1 heterocycles. The fourth-order valence-corrected chi connectivity index (χ4v) is 3.14. The van der Waals surface area contributed by atoms with E-state index in [1.165, 1.54) is 16.3 Å². The zero-order valence-corrected chi connectivity index (χ0v) is 12.4. The molecule has 3 aromatic rings. The minimum Gasteiger partial charge on any atom is -0.497 e. The molecule has 0 radical (unpaired) electrons. The van der Waals surface area contributed by atoms with Crippen LogP contribution in [0.4, 0.5) is 0 Å². The Hall–Kier alpha value is -2.74. The van der Waals surface area contributed by atoms with Gasteiger partial charge in [-0.25, -0.2) is 0 Å². The van der Waals surface area contributed by atoms with Crippen molar-refractivity contribution in [2.24, 2.45) is 0 Å². The van der Waals surface area contributed by atoms with E-state index in [9.17, 15) is 0 Å². The molecule has 0 unspecified atom stereocenters. The summed E-state index contributed by atoms with van der Waals surface area (Å²) in [5.74, 6) is 1.78. The van der Waals surface area contributed by atoms with E-state index in [2.05, 4.69) is 36.9 Å². The monoisotopic (exact) mass is 288 g/mol. The summed E-state index contributed by atoms with van der Waals surface area (Å²) in [5.41, 5.74) is 4.54. The highest BCUT2D eigenvalue weighted by Crippen LogP contribution is 2.44. The van der Waals surface area contributed by atoms with Gasteiger partial charge in [0.1, 0.15) is 18.1 Å². The highest BCUT2D eigenvalue weighted by molar-refractivity contribution is 5.99. The lowest BCUT2D eigenvalue weighted by molar-refractivity contribution is 0.301. The molecule has 0 bridgehead atoms. The molecule has 0 saturated heterocycles. The van der Waals surface area contributed by atoms with Crippen LogP contribution in [0.15, 0.2) is 55.1 Å². The molecule has 0 saturated carbocycles. The van der Waals surface area contributed by atoms with Crippen LogP contribution in [-0.2, 0) is 6.61 Å². The second-order valence-electron chi connectivity index (χ2n) is 5.40. The number of ether oxygens (including phenoxy) is 2. The van der Waals surface area contributed by atoms with Gasteiger partial charge in [-0.2, -0.15) is 0 Å². The van der Waals surface area contributed by atoms with E-state index in [1.807, 2.05) is 24.3 Å². The van der Waals surface area contributed by atoms with Crippen LogP contribution in [0.2, 0.25) is 0 Å². The summed E-state index contributed by atoms with van der Waals surface area (Å²) in [4.78, 5) is 0. The van der Waals surface area contributed by atoms with Crippen molar-refractivity contribution in [1.82, 2.24) is 0 Å². The van der Waals surface area contributed by atoms with Gasteiger partial charge in [-0.1, -0.05) is 43.0 Å². The van der Waals surface area contributed by atoms with Gasteiger partial charge in [0.2, 0.25) is 0 Å². The Labute approximate surface area is 129 Å². The van der Waals surface area contributed by atoms with E-state index in [0.717, 1.165) is 28.2 Å². The number of hydrogen-bond donors (Lipinski definition) is 0. The lowest BCUT2D eigenvalue weighted by Gasteiger charge is -2.24. The smallest absolute Gasteiger partial charge is 0.135 e. The Balaban J connectivity index is 2.04. The lowest BCUT2D eigenvalue weighted by atomic mass is 9.91. The molecule has 0 fully saturated rings. The summed E-state index contributed by atoms with van der Waals surface area (Å²) in [6, 6.07) is 16.7. The molecule has 0 N–H and O–H groups in total. The zero-order valence-electron chi connectivity index (χ0n) is 12.4. The molecule has 0 spiro atoms. The standard InChI is InChI=1S/C20H16O2/c1-3-16-17-7-5-4-6-13(17)11-19-18-9-8-15(21-2)10-14(18)12-22-20(16)19/h3-11H,1,12H2,2H3. The van der Waals surface area contributed by atoms with Gasteiger partial charge in [-0.05, 0) is 34.5 Å². The third-order valence-corrected chi connectivity index (χ3v) is 4.22. The van der Waals surface area contributed by atoms with Crippen molar-refractivity contribution in [2.75, 3.05) is 7.11 Å². The molecule has 2 nitrogen and oxygen atoms in total. The van der Waals surface area contributed by atoms with Crippen LogP contribution in [0.3, 0.4) is 0 Å². The van der Waals surface area contributed by atoms with Gasteiger partial charge in [0.15, 0.2) is 0 Å². The van der Waals surface area contributed by atoms with Crippen molar-refractivity contribution in [3.63, 3.8) is 0 Å². The highest BCUT2D eigenvalue weighted by atomic mass is 16.5. The molecule has 0 aromatic heterocycles. The van der Waals surface area contributed by atoms with Crippen molar-refractivity contribution in [1.29, 1.82) is 0 Å². The number of hydrogen-bond acceptors (Lipinski definition) is 2. The summed E-state index contributed by atoms with van der Waals surface area (Å²) in [7, 11) is 1.68. The molecule has 0 aliphatic carbocycles. The topological polar surface area (TPSA) is 18.5 Å². The summed E-state index contributed by atoms with van der Waals surface area (Å²) in [6.45, 7) is 4.53. The molecular formula is C20H16O2. The van der Waals surface area contributed by atoms with Gasteiger partial charge in [0.05, 0.1) is 7.11 Å². The lowest BCUT2D eigenvalue weighted by Crippen LogP contribution is -2.07.